The Morgan fingerprint density at radius 3 is 2.24 bits per heavy atom. The van der Waals surface area contributed by atoms with Gasteiger partial charge in [0.05, 0.1) is 5.02 Å². The van der Waals surface area contributed by atoms with Gasteiger partial charge in [0.2, 0.25) is 10.0 Å². The highest BCUT2D eigenvalue weighted by molar-refractivity contribution is 7.89. The number of hydrogen-bond acceptors (Lipinski definition) is 3. The van der Waals surface area contributed by atoms with Gasteiger partial charge in [0.25, 0.3) is 0 Å². The van der Waals surface area contributed by atoms with E-state index in [9.17, 15) is 8.42 Å². The highest BCUT2D eigenvalue weighted by atomic mass is 35.5. The van der Waals surface area contributed by atoms with E-state index in [1.165, 1.54) is 22.4 Å². The van der Waals surface area contributed by atoms with Crippen molar-refractivity contribution < 1.29 is 8.42 Å². The minimum Gasteiger partial charge on any atom is -0.309 e. The first-order valence-corrected chi connectivity index (χ1v) is 12.8. The van der Waals surface area contributed by atoms with E-state index in [0.29, 0.717) is 13.0 Å². The highest BCUT2D eigenvalue weighted by Crippen LogP contribution is 2.24. The van der Waals surface area contributed by atoms with Crippen LogP contribution < -0.4 is 10.0 Å². The van der Waals surface area contributed by atoms with Crippen LogP contribution in [0.3, 0.4) is 0 Å². The third-order valence-corrected chi connectivity index (χ3v) is 7.75. The first-order chi connectivity index (χ1) is 15.9. The molecule has 0 aliphatic rings. The summed E-state index contributed by atoms with van der Waals surface area (Å²) in [6.45, 7) is 2.56. The first-order valence-electron chi connectivity index (χ1n) is 11.0. The predicted octanol–water partition coefficient (Wildman–Crippen LogP) is 6.16. The molecule has 0 fully saturated rings. The largest absolute Gasteiger partial charge is 0.309 e. The molecule has 0 saturated carbocycles. The van der Waals surface area contributed by atoms with Crippen molar-refractivity contribution in [2.75, 3.05) is 6.54 Å². The van der Waals surface area contributed by atoms with Crippen molar-refractivity contribution >= 4 is 44.8 Å². The van der Waals surface area contributed by atoms with Crippen molar-refractivity contribution in [3.63, 3.8) is 0 Å². The molecule has 4 aromatic rings. The van der Waals surface area contributed by atoms with E-state index >= 15 is 0 Å². The molecule has 0 radical (unpaired) electrons. The normalized spacial score (nSPS) is 13.2. The molecular formula is C27H28Cl2N2O2S. The lowest BCUT2D eigenvalue weighted by Crippen LogP contribution is -2.44. The fourth-order valence-corrected chi connectivity index (χ4v) is 5.81. The van der Waals surface area contributed by atoms with E-state index in [0.717, 1.165) is 5.56 Å². The average Bonchev–Trinajstić information content (AvgIpc) is 2.82. The lowest BCUT2D eigenvalue weighted by atomic mass is 9.99. The Hall–Kier alpha value is -2.41. The maximum Gasteiger partial charge on any atom is 0.242 e. The van der Waals surface area contributed by atoms with Gasteiger partial charge in [0.1, 0.15) is 4.90 Å². The lowest BCUT2D eigenvalue weighted by Gasteiger charge is -2.23. The molecule has 0 spiro atoms. The van der Waals surface area contributed by atoms with Crippen molar-refractivity contribution in [2.24, 2.45) is 0 Å². The molecule has 0 heterocycles. The Bertz CT molecular complexity index is 1330. The fourth-order valence-electron chi connectivity index (χ4n) is 4.06. The summed E-state index contributed by atoms with van der Waals surface area (Å²) in [5.74, 6) is 0. The number of sulfonamides is 1. The number of hydrogen-bond donors (Lipinski definition) is 2. The molecule has 0 bridgehead atoms. The molecule has 2 unspecified atom stereocenters. The number of rotatable bonds is 9. The van der Waals surface area contributed by atoms with Gasteiger partial charge >= 0.3 is 0 Å². The van der Waals surface area contributed by atoms with Crippen molar-refractivity contribution in [2.45, 2.75) is 30.3 Å². The summed E-state index contributed by atoms with van der Waals surface area (Å²) in [5, 5.41) is 6.12. The number of benzene rings is 4. The van der Waals surface area contributed by atoms with E-state index in [1.807, 2.05) is 42.5 Å². The second-order valence-electron chi connectivity index (χ2n) is 8.14. The number of nitrogens with one attached hydrogen (secondary N) is 2. The van der Waals surface area contributed by atoms with E-state index in [-0.39, 0.29) is 34.4 Å². The van der Waals surface area contributed by atoms with Crippen LogP contribution in [0.1, 0.15) is 24.1 Å². The van der Waals surface area contributed by atoms with Gasteiger partial charge in [0.15, 0.2) is 0 Å². The van der Waals surface area contributed by atoms with E-state index in [1.54, 1.807) is 18.2 Å². The second kappa shape index (κ2) is 11.8. The Kier molecular flexibility index (Phi) is 9.11. The van der Waals surface area contributed by atoms with E-state index in [4.69, 9.17) is 11.6 Å². The second-order valence-corrected chi connectivity index (χ2v) is 10.2. The predicted molar refractivity (Wildman–Crippen MR) is 143 cm³/mol. The average molecular weight is 516 g/mol. The maximum absolute atomic E-state index is 13.1. The summed E-state index contributed by atoms with van der Waals surface area (Å²) in [6, 6.07) is 30.6. The molecule has 4 nitrogen and oxygen atoms in total. The van der Waals surface area contributed by atoms with Gasteiger partial charge in [-0.1, -0.05) is 96.5 Å². The fraction of sp³-hybridized carbons (Fsp3) is 0.185. The molecule has 0 saturated heterocycles. The van der Waals surface area contributed by atoms with Crippen molar-refractivity contribution in [3.8, 4) is 0 Å². The molecule has 178 valence electrons. The van der Waals surface area contributed by atoms with Crippen molar-refractivity contribution in [1.29, 1.82) is 0 Å². The summed E-state index contributed by atoms with van der Waals surface area (Å²) in [7, 11) is -3.78. The van der Waals surface area contributed by atoms with E-state index in [2.05, 4.69) is 47.3 Å². The molecule has 7 heteroatoms. The zero-order valence-electron chi connectivity index (χ0n) is 18.8. The van der Waals surface area contributed by atoms with Gasteiger partial charge in [-0.15, -0.1) is 12.4 Å². The van der Waals surface area contributed by atoms with Crippen LogP contribution in [0.25, 0.3) is 10.8 Å². The SMILES string of the molecule is CC(NCC(Cc1ccccc1)NS(=O)(=O)c1ccccc1Cl)c1cccc2ccccc12.Cl. The third-order valence-electron chi connectivity index (χ3n) is 5.73. The van der Waals surface area contributed by atoms with Crippen LogP contribution in [0.2, 0.25) is 5.02 Å². The topological polar surface area (TPSA) is 58.2 Å². The van der Waals surface area contributed by atoms with Gasteiger partial charge in [-0.25, -0.2) is 13.1 Å². The zero-order chi connectivity index (χ0) is 23.3. The molecular weight excluding hydrogens is 487 g/mol. The van der Waals surface area contributed by atoms with Crippen LogP contribution >= 0.6 is 24.0 Å². The van der Waals surface area contributed by atoms with Gasteiger partial charge in [-0.05, 0) is 47.4 Å². The molecule has 0 aliphatic carbocycles. The third kappa shape index (κ3) is 6.38. The maximum atomic E-state index is 13.1. The number of halogens is 2. The van der Waals surface area contributed by atoms with Crippen molar-refractivity contribution in [1.82, 2.24) is 10.0 Å². The summed E-state index contributed by atoms with van der Waals surface area (Å²) in [4.78, 5) is 0.0897. The summed E-state index contributed by atoms with van der Waals surface area (Å²) >= 11 is 6.18. The summed E-state index contributed by atoms with van der Waals surface area (Å²) in [5.41, 5.74) is 2.24. The van der Waals surface area contributed by atoms with Crippen LogP contribution in [0.5, 0.6) is 0 Å². The zero-order valence-corrected chi connectivity index (χ0v) is 21.2. The smallest absolute Gasteiger partial charge is 0.242 e. The van der Waals surface area contributed by atoms with Gasteiger partial charge in [0, 0.05) is 18.6 Å². The highest BCUT2D eigenvalue weighted by Gasteiger charge is 2.23. The van der Waals surface area contributed by atoms with Crippen LogP contribution in [0.15, 0.2) is 102 Å². The minimum absolute atomic E-state index is 0. The van der Waals surface area contributed by atoms with Crippen LogP contribution in [0.4, 0.5) is 0 Å². The Morgan fingerprint density at radius 1 is 0.824 bits per heavy atom. The van der Waals surface area contributed by atoms with Gasteiger partial charge in [-0.3, -0.25) is 0 Å². The molecule has 4 rings (SSSR count). The monoisotopic (exact) mass is 514 g/mol. The van der Waals surface area contributed by atoms with Gasteiger partial charge in [-0.2, -0.15) is 0 Å². The van der Waals surface area contributed by atoms with Crippen LogP contribution in [-0.2, 0) is 16.4 Å². The van der Waals surface area contributed by atoms with E-state index < -0.39 is 10.0 Å². The molecule has 34 heavy (non-hydrogen) atoms. The molecule has 0 aliphatic heterocycles. The minimum atomic E-state index is -3.78. The standard InChI is InChI=1S/C27H27ClN2O2S.ClH/c1-20(24-15-9-13-22-12-5-6-14-25(22)24)29-19-23(18-21-10-3-2-4-11-21)30-33(31,32)27-17-8-7-16-26(27)28;/h2-17,20,23,29-30H,18-19H2,1H3;1H. The summed E-state index contributed by atoms with van der Waals surface area (Å²) in [6.07, 6.45) is 0.555. The van der Waals surface area contributed by atoms with Crippen molar-refractivity contribution in [3.05, 3.63) is 113 Å². The molecule has 4 aromatic carbocycles. The Morgan fingerprint density at radius 2 is 1.47 bits per heavy atom. The molecule has 0 aromatic heterocycles. The summed E-state index contributed by atoms with van der Waals surface area (Å²) < 4.78 is 29.1. The quantitative estimate of drug-likeness (QED) is 0.281. The first kappa shape index (κ1) is 26.2. The molecule has 0 amide bonds. The Labute approximate surface area is 212 Å². The molecule has 2 N–H and O–H groups in total. The lowest BCUT2D eigenvalue weighted by molar-refractivity contribution is 0.482. The van der Waals surface area contributed by atoms with Crippen LogP contribution in [0, 0.1) is 0 Å². The number of fused-ring (bicyclic) bond motifs is 1. The van der Waals surface area contributed by atoms with Gasteiger partial charge < -0.3 is 5.32 Å². The Balaban J connectivity index is 0.00000324. The molecule has 2 atom stereocenters. The van der Waals surface area contributed by atoms with Crippen LogP contribution in [-0.4, -0.2) is 21.0 Å².